The van der Waals surface area contributed by atoms with E-state index in [1.54, 1.807) is 54.6 Å². The van der Waals surface area contributed by atoms with Gasteiger partial charge in [-0.25, -0.2) is 0 Å². The number of aliphatic hydroxyl groups excluding tert-OH is 1. The first-order valence-corrected chi connectivity index (χ1v) is 13.2. The van der Waals surface area contributed by atoms with Crippen molar-refractivity contribution in [3.8, 4) is 17.2 Å². The molecule has 1 heterocycles. The predicted octanol–water partition coefficient (Wildman–Crippen LogP) is 6.53. The molecule has 0 saturated carbocycles. The second-order valence-corrected chi connectivity index (χ2v) is 10.1. The number of hydrogen-bond donors (Lipinski definition) is 1. The normalized spacial score (nSPS) is 16.7. The summed E-state index contributed by atoms with van der Waals surface area (Å²) >= 11 is 0. The van der Waals surface area contributed by atoms with Gasteiger partial charge in [0, 0.05) is 11.3 Å². The molecule has 1 atom stereocenters. The van der Waals surface area contributed by atoms with E-state index in [0.29, 0.717) is 53.2 Å². The lowest BCUT2D eigenvalue weighted by Crippen LogP contribution is -2.29. The highest BCUT2D eigenvalue weighted by atomic mass is 16.5. The van der Waals surface area contributed by atoms with Crippen LogP contribution in [-0.4, -0.2) is 36.1 Å². The smallest absolute Gasteiger partial charge is 0.300 e. The van der Waals surface area contributed by atoms with Crippen LogP contribution >= 0.6 is 0 Å². The van der Waals surface area contributed by atoms with Crippen LogP contribution in [0.2, 0.25) is 0 Å². The number of amides is 1. The minimum absolute atomic E-state index is 0.00595. The van der Waals surface area contributed by atoms with E-state index in [1.807, 2.05) is 39.0 Å². The Hall–Kier alpha value is -4.26. The quantitative estimate of drug-likeness (QED) is 0.183. The summed E-state index contributed by atoms with van der Waals surface area (Å²) in [6.07, 6.45) is -0.0610. The summed E-state index contributed by atoms with van der Waals surface area (Å²) in [6, 6.07) is 20.2. The standard InChI is InChI=1S/C32H35NO6/c1-6-37-25-16-12-24(13-17-25)33-29(23-8-7-9-27(18-23)39-21(4)5)28(31(35)32(33)36)30(34)22-10-14-26(15-11-22)38-19-20(2)3/h7-18,20-21,29,34H,6,19H2,1-5H3/b30-28-. The molecule has 1 aliphatic heterocycles. The van der Waals surface area contributed by atoms with Crippen molar-refractivity contribution < 1.29 is 28.9 Å². The maximum Gasteiger partial charge on any atom is 0.300 e. The average Bonchev–Trinajstić information content (AvgIpc) is 3.18. The van der Waals surface area contributed by atoms with Crippen LogP contribution in [0.3, 0.4) is 0 Å². The molecule has 39 heavy (non-hydrogen) atoms. The number of nitrogens with zero attached hydrogens (tertiary/aromatic N) is 1. The van der Waals surface area contributed by atoms with Crippen LogP contribution in [0.5, 0.6) is 17.2 Å². The lowest BCUT2D eigenvalue weighted by atomic mass is 9.95. The second kappa shape index (κ2) is 12.1. The molecule has 3 aromatic carbocycles. The van der Waals surface area contributed by atoms with Crippen LogP contribution in [0.1, 0.15) is 51.8 Å². The van der Waals surface area contributed by atoms with Crippen LogP contribution in [0.25, 0.3) is 5.76 Å². The van der Waals surface area contributed by atoms with E-state index >= 15 is 0 Å². The number of ketones is 1. The number of benzene rings is 3. The molecule has 204 valence electrons. The van der Waals surface area contributed by atoms with E-state index in [1.165, 1.54) is 4.90 Å². The summed E-state index contributed by atoms with van der Waals surface area (Å²) in [4.78, 5) is 28.3. The molecule has 1 unspecified atom stereocenters. The van der Waals surface area contributed by atoms with Crippen LogP contribution in [0.4, 0.5) is 5.69 Å². The molecule has 1 saturated heterocycles. The molecule has 7 heteroatoms. The zero-order chi connectivity index (χ0) is 28.1. The zero-order valence-corrected chi connectivity index (χ0v) is 23.0. The van der Waals surface area contributed by atoms with Gasteiger partial charge in [-0.2, -0.15) is 0 Å². The largest absolute Gasteiger partial charge is 0.507 e. The van der Waals surface area contributed by atoms with Gasteiger partial charge < -0.3 is 19.3 Å². The van der Waals surface area contributed by atoms with Crippen molar-refractivity contribution in [3.63, 3.8) is 0 Å². The Morgan fingerprint density at radius 1 is 0.872 bits per heavy atom. The number of carbonyl (C=O) groups excluding carboxylic acids is 2. The fourth-order valence-electron chi connectivity index (χ4n) is 4.44. The molecule has 1 amide bonds. The molecule has 0 spiro atoms. The monoisotopic (exact) mass is 529 g/mol. The van der Waals surface area contributed by atoms with Gasteiger partial charge in [0.2, 0.25) is 0 Å². The fraction of sp³-hybridized carbons (Fsp3) is 0.312. The topological polar surface area (TPSA) is 85.3 Å². The minimum atomic E-state index is -0.865. The molecule has 1 fully saturated rings. The Labute approximate surface area is 229 Å². The molecule has 0 aromatic heterocycles. The van der Waals surface area contributed by atoms with Gasteiger partial charge in [-0.1, -0.05) is 26.0 Å². The van der Waals surface area contributed by atoms with E-state index in [4.69, 9.17) is 14.2 Å². The summed E-state index contributed by atoms with van der Waals surface area (Å²) in [5.74, 6) is 0.544. The highest BCUT2D eigenvalue weighted by Crippen LogP contribution is 2.43. The molecule has 1 N–H and O–H groups in total. The van der Waals surface area contributed by atoms with Crippen LogP contribution in [0.15, 0.2) is 78.4 Å². The van der Waals surface area contributed by atoms with E-state index in [9.17, 15) is 14.7 Å². The predicted molar refractivity (Wildman–Crippen MR) is 151 cm³/mol. The molecule has 3 aromatic rings. The number of anilines is 1. The first-order valence-electron chi connectivity index (χ1n) is 13.2. The highest BCUT2D eigenvalue weighted by molar-refractivity contribution is 6.51. The van der Waals surface area contributed by atoms with E-state index < -0.39 is 17.7 Å². The Bertz CT molecular complexity index is 1340. The second-order valence-electron chi connectivity index (χ2n) is 10.1. The number of rotatable bonds is 10. The third-order valence-electron chi connectivity index (χ3n) is 6.13. The maximum atomic E-state index is 13.5. The molecule has 4 rings (SSSR count). The van der Waals surface area contributed by atoms with E-state index in [0.717, 1.165) is 0 Å². The van der Waals surface area contributed by atoms with Crippen molar-refractivity contribution in [1.29, 1.82) is 0 Å². The number of Topliss-reactive ketones (excluding diaryl/α,β-unsaturated/α-hetero) is 1. The number of aliphatic hydroxyl groups is 1. The first-order chi connectivity index (χ1) is 18.7. The van der Waals surface area contributed by atoms with Gasteiger partial charge in [-0.05, 0) is 92.9 Å². The molecule has 0 aliphatic carbocycles. The summed E-state index contributed by atoms with van der Waals surface area (Å²) in [6.45, 7) is 10.9. The number of carbonyl (C=O) groups is 2. The Morgan fingerprint density at radius 3 is 2.13 bits per heavy atom. The molecular formula is C32H35NO6. The third kappa shape index (κ3) is 6.25. The van der Waals surface area contributed by atoms with Crippen LogP contribution < -0.4 is 19.1 Å². The Balaban J connectivity index is 1.81. The maximum absolute atomic E-state index is 13.5. The average molecular weight is 530 g/mol. The van der Waals surface area contributed by atoms with Gasteiger partial charge in [0.25, 0.3) is 11.7 Å². The fourth-order valence-corrected chi connectivity index (χ4v) is 4.44. The number of hydrogen-bond acceptors (Lipinski definition) is 6. The van der Waals surface area contributed by atoms with Gasteiger partial charge >= 0.3 is 0 Å². The summed E-state index contributed by atoms with van der Waals surface area (Å²) in [5.41, 5.74) is 1.57. The zero-order valence-electron chi connectivity index (χ0n) is 23.0. The third-order valence-corrected chi connectivity index (χ3v) is 6.13. The summed E-state index contributed by atoms with van der Waals surface area (Å²) < 4.78 is 17.2. The van der Waals surface area contributed by atoms with Crippen molar-refractivity contribution in [2.24, 2.45) is 5.92 Å². The molecule has 0 radical (unpaired) electrons. The van der Waals surface area contributed by atoms with Gasteiger partial charge in [0.15, 0.2) is 0 Å². The molecule has 0 bridgehead atoms. The van der Waals surface area contributed by atoms with Crippen molar-refractivity contribution >= 4 is 23.1 Å². The lowest BCUT2D eigenvalue weighted by molar-refractivity contribution is -0.132. The van der Waals surface area contributed by atoms with E-state index in [-0.39, 0.29) is 17.4 Å². The van der Waals surface area contributed by atoms with Crippen molar-refractivity contribution in [1.82, 2.24) is 0 Å². The van der Waals surface area contributed by atoms with Gasteiger partial charge in [0.1, 0.15) is 23.0 Å². The van der Waals surface area contributed by atoms with Gasteiger partial charge in [0.05, 0.1) is 30.9 Å². The SMILES string of the molecule is CCOc1ccc(N2C(=O)C(=O)/C(=C(\O)c3ccc(OCC(C)C)cc3)C2c2cccc(OC(C)C)c2)cc1. The molecular weight excluding hydrogens is 494 g/mol. The molecule has 1 aliphatic rings. The van der Waals surface area contributed by atoms with Crippen LogP contribution in [-0.2, 0) is 9.59 Å². The van der Waals surface area contributed by atoms with Gasteiger partial charge in [-0.3, -0.25) is 14.5 Å². The lowest BCUT2D eigenvalue weighted by Gasteiger charge is -2.26. The summed E-state index contributed by atoms with van der Waals surface area (Å²) in [7, 11) is 0. The van der Waals surface area contributed by atoms with Crippen molar-refractivity contribution in [2.75, 3.05) is 18.1 Å². The van der Waals surface area contributed by atoms with Crippen molar-refractivity contribution in [3.05, 3.63) is 89.5 Å². The van der Waals surface area contributed by atoms with Crippen LogP contribution in [0, 0.1) is 5.92 Å². The highest BCUT2D eigenvalue weighted by Gasteiger charge is 2.47. The minimum Gasteiger partial charge on any atom is -0.507 e. The summed E-state index contributed by atoms with van der Waals surface area (Å²) in [5, 5.41) is 11.4. The Morgan fingerprint density at radius 2 is 1.51 bits per heavy atom. The van der Waals surface area contributed by atoms with Gasteiger partial charge in [-0.15, -0.1) is 0 Å². The molecule has 7 nitrogen and oxygen atoms in total. The first kappa shape index (κ1) is 27.8. The van der Waals surface area contributed by atoms with Crippen molar-refractivity contribution in [2.45, 2.75) is 46.8 Å². The van der Waals surface area contributed by atoms with E-state index in [2.05, 4.69) is 13.8 Å². The Kier molecular flexibility index (Phi) is 8.59. The number of ether oxygens (including phenoxy) is 3.